The summed E-state index contributed by atoms with van der Waals surface area (Å²) in [7, 11) is 0. The minimum atomic E-state index is 0.191. The largest absolute Gasteiger partial charge is 0.324 e. The summed E-state index contributed by atoms with van der Waals surface area (Å²) in [5.41, 5.74) is 6.59. The third-order valence-corrected chi connectivity index (χ3v) is 3.97. The molecule has 2 nitrogen and oxygen atoms in total. The normalized spacial score (nSPS) is 34.2. The van der Waals surface area contributed by atoms with Gasteiger partial charge in [0.25, 0.3) is 0 Å². The number of likely N-dealkylation sites (N-methyl/N-ethyl adjacent to an activating group) is 1. The van der Waals surface area contributed by atoms with Gasteiger partial charge in [0.2, 0.25) is 0 Å². The van der Waals surface area contributed by atoms with Crippen LogP contribution < -0.4 is 5.73 Å². The third kappa shape index (κ3) is 1.62. The van der Waals surface area contributed by atoms with Gasteiger partial charge < -0.3 is 5.73 Å². The molecule has 76 valence electrons. The smallest absolute Gasteiger partial charge is 0.0312 e. The molecule has 2 aliphatic rings. The predicted octanol–water partition coefficient (Wildman–Crippen LogP) is 1.74. The Morgan fingerprint density at radius 1 is 1.31 bits per heavy atom. The lowest BCUT2D eigenvalue weighted by Gasteiger charge is -2.51. The van der Waals surface area contributed by atoms with Crippen molar-refractivity contribution in [1.82, 2.24) is 4.90 Å². The fraction of sp³-hybridized carbons (Fsp3) is 1.00. The van der Waals surface area contributed by atoms with Crippen molar-refractivity contribution in [1.29, 1.82) is 0 Å². The molecule has 1 unspecified atom stereocenters. The summed E-state index contributed by atoms with van der Waals surface area (Å²) in [5, 5.41) is 0. The molecule has 1 aliphatic carbocycles. The van der Waals surface area contributed by atoms with Crippen LogP contribution in [0.5, 0.6) is 0 Å². The first kappa shape index (κ1) is 9.47. The van der Waals surface area contributed by atoms with Crippen LogP contribution in [0.25, 0.3) is 0 Å². The van der Waals surface area contributed by atoms with Gasteiger partial charge >= 0.3 is 0 Å². The standard InChI is InChI=1S/C11H22N2/c1-2-13-9-4-3-6-10(13)11(12)7-5-8-11/h10H,2-9,12H2,1H3. The molecule has 2 rings (SSSR count). The fourth-order valence-electron chi connectivity index (χ4n) is 2.94. The van der Waals surface area contributed by atoms with Gasteiger partial charge in [-0.05, 0) is 45.2 Å². The topological polar surface area (TPSA) is 29.3 Å². The second-order valence-corrected chi connectivity index (χ2v) is 4.73. The summed E-state index contributed by atoms with van der Waals surface area (Å²) < 4.78 is 0. The average molecular weight is 182 g/mol. The van der Waals surface area contributed by atoms with Gasteiger partial charge in [0.05, 0.1) is 0 Å². The third-order valence-electron chi connectivity index (χ3n) is 3.97. The molecule has 1 saturated carbocycles. The maximum atomic E-state index is 6.40. The van der Waals surface area contributed by atoms with Gasteiger partial charge in [-0.1, -0.05) is 13.3 Å². The Kier molecular flexibility index (Phi) is 2.61. The molecule has 0 spiro atoms. The van der Waals surface area contributed by atoms with E-state index in [-0.39, 0.29) is 5.54 Å². The molecule has 1 heterocycles. The number of piperidine rings is 1. The van der Waals surface area contributed by atoms with Crippen molar-refractivity contribution in [2.45, 2.75) is 57.0 Å². The summed E-state index contributed by atoms with van der Waals surface area (Å²) in [4.78, 5) is 2.60. The first-order valence-corrected chi connectivity index (χ1v) is 5.79. The molecule has 1 atom stereocenters. The van der Waals surface area contributed by atoms with Crippen LogP contribution in [0.1, 0.15) is 45.4 Å². The quantitative estimate of drug-likeness (QED) is 0.705. The number of nitrogens with two attached hydrogens (primary N) is 1. The van der Waals surface area contributed by atoms with Crippen LogP contribution in [0.15, 0.2) is 0 Å². The van der Waals surface area contributed by atoms with Crippen molar-refractivity contribution >= 4 is 0 Å². The van der Waals surface area contributed by atoms with E-state index in [4.69, 9.17) is 5.73 Å². The average Bonchev–Trinajstić information content (AvgIpc) is 2.14. The van der Waals surface area contributed by atoms with Gasteiger partial charge in [-0.25, -0.2) is 0 Å². The van der Waals surface area contributed by atoms with E-state index in [0.29, 0.717) is 6.04 Å². The molecule has 2 heteroatoms. The Bertz CT molecular complexity index is 175. The predicted molar refractivity (Wildman–Crippen MR) is 55.7 cm³/mol. The van der Waals surface area contributed by atoms with Gasteiger partial charge in [0.1, 0.15) is 0 Å². The van der Waals surface area contributed by atoms with Gasteiger partial charge in [0.15, 0.2) is 0 Å². The Morgan fingerprint density at radius 2 is 2.08 bits per heavy atom. The summed E-state index contributed by atoms with van der Waals surface area (Å²) in [6.45, 7) is 4.73. The Hall–Kier alpha value is -0.0800. The molecule has 0 aromatic heterocycles. The monoisotopic (exact) mass is 182 g/mol. The molecule has 1 saturated heterocycles. The van der Waals surface area contributed by atoms with Crippen LogP contribution in [-0.2, 0) is 0 Å². The van der Waals surface area contributed by atoms with E-state index in [1.54, 1.807) is 0 Å². The number of rotatable bonds is 2. The maximum absolute atomic E-state index is 6.40. The van der Waals surface area contributed by atoms with Crippen LogP contribution in [0.4, 0.5) is 0 Å². The van der Waals surface area contributed by atoms with Crippen LogP contribution >= 0.6 is 0 Å². The molecule has 13 heavy (non-hydrogen) atoms. The molecule has 2 N–H and O–H groups in total. The zero-order chi connectivity index (χ0) is 9.31. The first-order valence-electron chi connectivity index (χ1n) is 5.79. The van der Waals surface area contributed by atoms with Crippen molar-refractivity contribution in [3.63, 3.8) is 0 Å². The maximum Gasteiger partial charge on any atom is 0.0312 e. The van der Waals surface area contributed by atoms with E-state index >= 15 is 0 Å². The lowest BCUT2D eigenvalue weighted by Crippen LogP contribution is -2.63. The van der Waals surface area contributed by atoms with Crippen molar-refractivity contribution in [2.24, 2.45) is 5.73 Å². The highest BCUT2D eigenvalue weighted by Crippen LogP contribution is 2.38. The molecule has 0 aromatic carbocycles. The Morgan fingerprint density at radius 3 is 2.62 bits per heavy atom. The molecule has 0 amide bonds. The van der Waals surface area contributed by atoms with Gasteiger partial charge in [-0.2, -0.15) is 0 Å². The second-order valence-electron chi connectivity index (χ2n) is 4.73. The Labute approximate surface area is 81.5 Å². The summed E-state index contributed by atoms with van der Waals surface area (Å²) in [5.74, 6) is 0. The SMILES string of the molecule is CCN1CCCCC1C1(N)CCC1. The molecule has 0 bridgehead atoms. The highest BCUT2D eigenvalue weighted by molar-refractivity contribution is 5.03. The van der Waals surface area contributed by atoms with E-state index in [9.17, 15) is 0 Å². The zero-order valence-electron chi connectivity index (χ0n) is 8.76. The van der Waals surface area contributed by atoms with Crippen LogP contribution in [0.3, 0.4) is 0 Å². The van der Waals surface area contributed by atoms with Crippen LogP contribution in [0.2, 0.25) is 0 Å². The minimum Gasteiger partial charge on any atom is -0.324 e. The van der Waals surface area contributed by atoms with Gasteiger partial charge in [0, 0.05) is 11.6 Å². The molecule has 0 radical (unpaired) electrons. The second kappa shape index (κ2) is 3.58. The molecule has 2 fully saturated rings. The number of hydrogen-bond donors (Lipinski definition) is 1. The Balaban J connectivity index is 2.01. The summed E-state index contributed by atoms with van der Waals surface area (Å²) >= 11 is 0. The van der Waals surface area contributed by atoms with Crippen molar-refractivity contribution < 1.29 is 0 Å². The number of hydrogen-bond acceptors (Lipinski definition) is 2. The minimum absolute atomic E-state index is 0.191. The number of likely N-dealkylation sites (tertiary alicyclic amines) is 1. The van der Waals surface area contributed by atoms with Crippen molar-refractivity contribution in [3.05, 3.63) is 0 Å². The van der Waals surface area contributed by atoms with Crippen LogP contribution in [0, 0.1) is 0 Å². The summed E-state index contributed by atoms with van der Waals surface area (Å²) in [6.07, 6.45) is 7.97. The first-order chi connectivity index (χ1) is 6.26. The van der Waals surface area contributed by atoms with E-state index in [1.165, 1.54) is 51.6 Å². The molecule has 1 aliphatic heterocycles. The van der Waals surface area contributed by atoms with E-state index in [0.717, 1.165) is 0 Å². The van der Waals surface area contributed by atoms with E-state index < -0.39 is 0 Å². The van der Waals surface area contributed by atoms with Gasteiger partial charge in [-0.3, -0.25) is 4.90 Å². The van der Waals surface area contributed by atoms with E-state index in [2.05, 4.69) is 11.8 Å². The molecule has 0 aromatic rings. The lowest BCUT2D eigenvalue weighted by atomic mass is 9.69. The highest BCUT2D eigenvalue weighted by atomic mass is 15.2. The molecular formula is C11H22N2. The fourth-order valence-corrected chi connectivity index (χ4v) is 2.94. The lowest BCUT2D eigenvalue weighted by molar-refractivity contribution is 0.0436. The highest BCUT2D eigenvalue weighted by Gasteiger charge is 2.43. The van der Waals surface area contributed by atoms with Crippen molar-refractivity contribution in [3.8, 4) is 0 Å². The van der Waals surface area contributed by atoms with E-state index in [1.807, 2.05) is 0 Å². The van der Waals surface area contributed by atoms with Gasteiger partial charge in [-0.15, -0.1) is 0 Å². The zero-order valence-corrected chi connectivity index (χ0v) is 8.76. The number of nitrogens with zero attached hydrogens (tertiary/aromatic N) is 1. The molecular weight excluding hydrogens is 160 g/mol. The summed E-state index contributed by atoms with van der Waals surface area (Å²) in [6, 6.07) is 0.694. The van der Waals surface area contributed by atoms with Crippen molar-refractivity contribution in [2.75, 3.05) is 13.1 Å². The van der Waals surface area contributed by atoms with Crippen LogP contribution in [-0.4, -0.2) is 29.6 Å².